The van der Waals surface area contributed by atoms with Gasteiger partial charge in [-0.2, -0.15) is 0 Å². The molecule has 0 radical (unpaired) electrons. The predicted molar refractivity (Wildman–Crippen MR) is 104 cm³/mol. The van der Waals surface area contributed by atoms with E-state index in [1.54, 1.807) is 17.0 Å². The van der Waals surface area contributed by atoms with E-state index >= 15 is 0 Å². The van der Waals surface area contributed by atoms with E-state index < -0.39 is 6.04 Å². The Labute approximate surface area is 159 Å². The minimum absolute atomic E-state index is 0.0227. The molecule has 0 unspecified atom stereocenters. The number of carbonyl (C=O) groups excluding carboxylic acids is 2. The number of benzene rings is 2. The van der Waals surface area contributed by atoms with Gasteiger partial charge in [-0.25, -0.2) is 4.39 Å². The molecule has 27 heavy (non-hydrogen) atoms. The molecule has 0 aliphatic carbocycles. The summed E-state index contributed by atoms with van der Waals surface area (Å²) in [4.78, 5) is 27.4. The van der Waals surface area contributed by atoms with E-state index in [-0.39, 0.29) is 30.1 Å². The second kappa shape index (κ2) is 7.91. The smallest absolute Gasteiger partial charge is 0.244 e. The largest absolute Gasteiger partial charge is 0.324 e. The molecule has 3 rings (SSSR count). The second-order valence-electron chi connectivity index (χ2n) is 7.07. The summed E-state index contributed by atoms with van der Waals surface area (Å²) >= 11 is 0. The third-order valence-electron chi connectivity index (χ3n) is 5.21. The van der Waals surface area contributed by atoms with Crippen molar-refractivity contribution in [3.05, 3.63) is 65.0 Å². The van der Waals surface area contributed by atoms with Crippen molar-refractivity contribution in [3.8, 4) is 0 Å². The van der Waals surface area contributed by atoms with E-state index in [0.29, 0.717) is 18.5 Å². The fraction of sp³-hybridized carbons (Fsp3) is 0.364. The van der Waals surface area contributed by atoms with Crippen LogP contribution in [0, 0.1) is 18.7 Å². The molecule has 0 saturated carbocycles. The lowest BCUT2D eigenvalue weighted by atomic mass is 9.92. The number of hydrogen-bond acceptors (Lipinski definition) is 2. The number of aryl methyl sites for hydroxylation is 1. The highest BCUT2D eigenvalue weighted by Gasteiger charge is 2.35. The lowest BCUT2D eigenvalue weighted by Gasteiger charge is -2.33. The minimum atomic E-state index is -0.437. The van der Waals surface area contributed by atoms with Crippen molar-refractivity contribution < 1.29 is 14.0 Å². The third kappa shape index (κ3) is 3.87. The fourth-order valence-corrected chi connectivity index (χ4v) is 3.71. The molecule has 1 heterocycles. The maximum absolute atomic E-state index is 13.5. The molecule has 4 nitrogen and oxygen atoms in total. The van der Waals surface area contributed by atoms with Gasteiger partial charge in [-0.1, -0.05) is 43.7 Å². The molecule has 0 spiro atoms. The quantitative estimate of drug-likeness (QED) is 0.867. The molecule has 2 aromatic rings. The lowest BCUT2D eigenvalue weighted by Crippen LogP contribution is -2.42. The summed E-state index contributed by atoms with van der Waals surface area (Å²) in [6.07, 6.45) is 1.43. The van der Waals surface area contributed by atoms with Gasteiger partial charge in [-0.15, -0.1) is 0 Å². The standard InChI is InChI=1S/C22H25FN2O2/c1-4-15(5-2)22(27)25-13-20(26)24-19-11-6-14(3)12-18(19)21(25)16-7-9-17(23)10-8-16/h6-12,15,21H,4-5,13H2,1-3H3,(H,24,26)/t21-/m0/s1. The Morgan fingerprint density at radius 2 is 1.85 bits per heavy atom. The van der Waals surface area contributed by atoms with Gasteiger partial charge in [0.1, 0.15) is 12.4 Å². The Hall–Kier alpha value is -2.69. The number of hydrogen-bond donors (Lipinski definition) is 1. The van der Waals surface area contributed by atoms with Gasteiger partial charge in [0.05, 0.1) is 6.04 Å². The van der Waals surface area contributed by atoms with Crippen molar-refractivity contribution >= 4 is 17.5 Å². The molecule has 1 aliphatic rings. The zero-order valence-corrected chi connectivity index (χ0v) is 16.0. The van der Waals surface area contributed by atoms with Gasteiger partial charge >= 0.3 is 0 Å². The van der Waals surface area contributed by atoms with Gasteiger partial charge in [0.25, 0.3) is 0 Å². The average Bonchev–Trinajstić information content (AvgIpc) is 2.79. The first-order chi connectivity index (χ1) is 12.9. The molecule has 0 aromatic heterocycles. The number of nitrogens with zero attached hydrogens (tertiary/aromatic N) is 1. The number of amides is 2. The van der Waals surface area contributed by atoms with Crippen molar-refractivity contribution in [2.75, 3.05) is 11.9 Å². The number of nitrogens with one attached hydrogen (secondary N) is 1. The van der Waals surface area contributed by atoms with Crippen LogP contribution in [0.25, 0.3) is 0 Å². The summed E-state index contributed by atoms with van der Waals surface area (Å²) in [5.74, 6) is -0.737. The van der Waals surface area contributed by atoms with Crippen molar-refractivity contribution in [1.82, 2.24) is 4.90 Å². The van der Waals surface area contributed by atoms with Crippen LogP contribution in [0.1, 0.15) is 49.4 Å². The summed E-state index contributed by atoms with van der Waals surface area (Å²) < 4.78 is 13.5. The molecule has 0 fully saturated rings. The van der Waals surface area contributed by atoms with E-state index in [0.717, 1.165) is 16.7 Å². The summed E-state index contributed by atoms with van der Waals surface area (Å²) in [5.41, 5.74) is 3.37. The second-order valence-corrected chi connectivity index (χ2v) is 7.07. The van der Waals surface area contributed by atoms with E-state index in [9.17, 15) is 14.0 Å². The van der Waals surface area contributed by atoms with E-state index in [1.165, 1.54) is 12.1 Å². The number of anilines is 1. The van der Waals surface area contributed by atoms with Crippen molar-refractivity contribution in [3.63, 3.8) is 0 Å². The van der Waals surface area contributed by atoms with Crippen molar-refractivity contribution in [2.24, 2.45) is 5.92 Å². The zero-order valence-electron chi connectivity index (χ0n) is 16.0. The van der Waals surface area contributed by atoms with Crippen LogP contribution in [0.15, 0.2) is 42.5 Å². The van der Waals surface area contributed by atoms with Crippen LogP contribution in [0.3, 0.4) is 0 Å². The topological polar surface area (TPSA) is 49.4 Å². The van der Waals surface area contributed by atoms with E-state index in [1.807, 2.05) is 39.0 Å². The van der Waals surface area contributed by atoms with Crippen LogP contribution in [-0.2, 0) is 9.59 Å². The maximum atomic E-state index is 13.5. The highest BCUT2D eigenvalue weighted by atomic mass is 19.1. The molecule has 0 saturated heterocycles. The zero-order chi connectivity index (χ0) is 19.6. The van der Waals surface area contributed by atoms with Gasteiger partial charge in [0.2, 0.25) is 11.8 Å². The minimum Gasteiger partial charge on any atom is -0.324 e. The van der Waals surface area contributed by atoms with Gasteiger partial charge in [-0.05, 0) is 43.5 Å². The Kier molecular flexibility index (Phi) is 5.59. The molecular weight excluding hydrogens is 343 g/mol. The molecule has 1 aliphatic heterocycles. The Balaban J connectivity index is 2.18. The highest BCUT2D eigenvalue weighted by Crippen LogP contribution is 2.37. The monoisotopic (exact) mass is 368 g/mol. The predicted octanol–water partition coefficient (Wildman–Crippen LogP) is 4.44. The van der Waals surface area contributed by atoms with Crippen LogP contribution in [0.4, 0.5) is 10.1 Å². The van der Waals surface area contributed by atoms with Crippen LogP contribution in [-0.4, -0.2) is 23.3 Å². The van der Waals surface area contributed by atoms with Crippen LogP contribution >= 0.6 is 0 Å². The molecule has 2 amide bonds. The molecule has 0 bridgehead atoms. The maximum Gasteiger partial charge on any atom is 0.244 e. The van der Waals surface area contributed by atoms with Gasteiger partial charge in [-0.3, -0.25) is 9.59 Å². The van der Waals surface area contributed by atoms with Crippen molar-refractivity contribution in [2.45, 2.75) is 39.7 Å². The van der Waals surface area contributed by atoms with E-state index in [4.69, 9.17) is 0 Å². The van der Waals surface area contributed by atoms with Crippen LogP contribution in [0.2, 0.25) is 0 Å². The van der Waals surface area contributed by atoms with Gasteiger partial charge < -0.3 is 10.2 Å². The van der Waals surface area contributed by atoms with Gasteiger partial charge in [0, 0.05) is 17.2 Å². The normalized spacial score (nSPS) is 16.7. The highest BCUT2D eigenvalue weighted by molar-refractivity contribution is 5.97. The van der Waals surface area contributed by atoms with Crippen molar-refractivity contribution in [1.29, 1.82) is 0 Å². The summed E-state index contributed by atoms with van der Waals surface area (Å²) in [5, 5.41) is 2.91. The first-order valence-electron chi connectivity index (χ1n) is 9.40. The molecular formula is C22H25FN2O2. The number of halogens is 1. The number of fused-ring (bicyclic) bond motifs is 1. The molecule has 1 atom stereocenters. The first kappa shape index (κ1) is 19.1. The molecule has 1 N–H and O–H groups in total. The number of rotatable bonds is 4. The van der Waals surface area contributed by atoms with E-state index in [2.05, 4.69) is 5.32 Å². The Morgan fingerprint density at radius 3 is 2.48 bits per heavy atom. The summed E-state index contributed by atoms with van der Waals surface area (Å²) in [6, 6.07) is 11.5. The fourth-order valence-electron chi connectivity index (χ4n) is 3.71. The molecule has 5 heteroatoms. The lowest BCUT2D eigenvalue weighted by molar-refractivity contribution is -0.140. The first-order valence-corrected chi connectivity index (χ1v) is 9.40. The SMILES string of the molecule is CCC(CC)C(=O)N1CC(=O)Nc2ccc(C)cc2[C@@H]1c1ccc(F)cc1. The Morgan fingerprint density at radius 1 is 1.19 bits per heavy atom. The number of carbonyl (C=O) groups is 2. The summed E-state index contributed by atoms with van der Waals surface area (Å²) in [6.45, 7) is 5.91. The molecule has 142 valence electrons. The molecule has 2 aromatic carbocycles. The van der Waals surface area contributed by atoms with Gasteiger partial charge in [0.15, 0.2) is 0 Å². The average molecular weight is 368 g/mol. The third-order valence-corrected chi connectivity index (χ3v) is 5.21. The van der Waals surface area contributed by atoms with Crippen LogP contribution < -0.4 is 5.32 Å². The van der Waals surface area contributed by atoms with Crippen LogP contribution in [0.5, 0.6) is 0 Å². The Bertz CT molecular complexity index is 844. The summed E-state index contributed by atoms with van der Waals surface area (Å²) in [7, 11) is 0.